The maximum atomic E-state index is 11.0. The highest BCUT2D eigenvalue weighted by Crippen LogP contribution is 2.46. The van der Waals surface area contributed by atoms with Gasteiger partial charge in [0.25, 0.3) is 0 Å². The molecule has 6 heteroatoms. The number of aliphatic carboxylic acids is 1. The third-order valence-electron chi connectivity index (χ3n) is 2.97. The van der Waals surface area contributed by atoms with Gasteiger partial charge in [-0.1, -0.05) is 29.3 Å². The Morgan fingerprint density at radius 3 is 2.84 bits per heavy atom. The molecular weight excluding hydrogens is 307 g/mol. The first-order chi connectivity index (χ1) is 9.08. The van der Waals surface area contributed by atoms with Crippen LogP contribution < -0.4 is 4.74 Å². The average Bonchev–Trinajstić information content (AvgIpc) is 3.02. The number of hydrogen-bond donors (Lipinski definition) is 1. The summed E-state index contributed by atoms with van der Waals surface area (Å²) in [5, 5.41) is 11.6. The van der Waals surface area contributed by atoms with Crippen molar-refractivity contribution in [2.75, 3.05) is 0 Å². The second-order valence-electron chi connectivity index (χ2n) is 4.17. The highest BCUT2D eigenvalue weighted by molar-refractivity contribution is 7.13. The Morgan fingerprint density at radius 2 is 2.21 bits per heavy atom. The van der Waals surface area contributed by atoms with E-state index in [4.69, 9.17) is 33.0 Å². The van der Waals surface area contributed by atoms with E-state index in [0.29, 0.717) is 17.2 Å². The van der Waals surface area contributed by atoms with Crippen LogP contribution in [0, 0.1) is 0 Å². The van der Waals surface area contributed by atoms with E-state index in [1.807, 2.05) is 23.6 Å². The first kappa shape index (κ1) is 12.8. The molecule has 0 amide bonds. The molecule has 3 rings (SSSR count). The van der Waals surface area contributed by atoms with E-state index >= 15 is 0 Å². The van der Waals surface area contributed by atoms with Gasteiger partial charge >= 0.3 is 5.97 Å². The summed E-state index contributed by atoms with van der Waals surface area (Å²) < 4.78 is 5.34. The molecule has 1 aliphatic rings. The molecule has 1 atom stereocenters. The Labute approximate surface area is 123 Å². The lowest BCUT2D eigenvalue weighted by molar-refractivity contribution is -0.144. The van der Waals surface area contributed by atoms with E-state index in [9.17, 15) is 4.79 Å². The molecule has 1 aromatic heterocycles. The van der Waals surface area contributed by atoms with Crippen LogP contribution in [-0.4, -0.2) is 17.2 Å². The zero-order valence-corrected chi connectivity index (χ0v) is 11.9. The molecule has 0 bridgehead atoms. The Morgan fingerprint density at radius 1 is 1.42 bits per heavy atom. The van der Waals surface area contributed by atoms with Crippen LogP contribution in [0.5, 0.6) is 5.75 Å². The van der Waals surface area contributed by atoms with Crippen molar-refractivity contribution in [2.24, 2.45) is 0 Å². The number of rotatable bonds is 2. The van der Waals surface area contributed by atoms with Crippen LogP contribution in [0.15, 0.2) is 23.6 Å². The zero-order chi connectivity index (χ0) is 13.6. The lowest BCUT2D eigenvalue weighted by atomic mass is 10.1. The molecule has 98 valence electrons. The normalized spacial score (nSPS) is 17.1. The Balaban J connectivity index is 2.11. The second kappa shape index (κ2) is 4.71. The van der Waals surface area contributed by atoms with Gasteiger partial charge in [-0.2, -0.15) is 0 Å². The predicted octanol–water partition coefficient (Wildman–Crippen LogP) is 4.11. The van der Waals surface area contributed by atoms with Crippen molar-refractivity contribution in [1.82, 2.24) is 0 Å². The summed E-state index contributed by atoms with van der Waals surface area (Å²) in [6, 6.07) is 5.73. The fraction of sp³-hybridized carbons (Fsp3) is 0.154. The summed E-state index contributed by atoms with van der Waals surface area (Å²) >= 11 is 14.0. The Bertz CT molecular complexity index is 652. The molecule has 3 nitrogen and oxygen atoms in total. The number of thiophene rings is 1. The molecule has 0 fully saturated rings. The van der Waals surface area contributed by atoms with Crippen molar-refractivity contribution in [3.05, 3.63) is 39.2 Å². The van der Waals surface area contributed by atoms with Crippen molar-refractivity contribution in [1.29, 1.82) is 0 Å². The third kappa shape index (κ3) is 2.10. The molecule has 19 heavy (non-hydrogen) atoms. The first-order valence-electron chi connectivity index (χ1n) is 5.52. The van der Waals surface area contributed by atoms with Crippen LogP contribution in [-0.2, 0) is 11.2 Å². The summed E-state index contributed by atoms with van der Waals surface area (Å²) in [6.45, 7) is 0. The zero-order valence-electron chi connectivity index (χ0n) is 9.52. The number of hydrogen-bond acceptors (Lipinski definition) is 3. The molecule has 0 aliphatic carbocycles. The highest BCUT2D eigenvalue weighted by atomic mass is 35.5. The van der Waals surface area contributed by atoms with Gasteiger partial charge in [-0.15, -0.1) is 11.3 Å². The Kier molecular flexibility index (Phi) is 3.17. The molecule has 2 heterocycles. The quantitative estimate of drug-likeness (QED) is 0.907. The van der Waals surface area contributed by atoms with E-state index in [1.165, 1.54) is 0 Å². The molecule has 0 spiro atoms. The molecule has 0 saturated heterocycles. The van der Waals surface area contributed by atoms with Gasteiger partial charge in [0.05, 0.1) is 5.02 Å². The smallest absolute Gasteiger partial charge is 0.345 e. The molecule has 1 unspecified atom stereocenters. The van der Waals surface area contributed by atoms with Crippen molar-refractivity contribution in [3.8, 4) is 16.2 Å². The number of carboxylic acids is 1. The van der Waals surface area contributed by atoms with Crippen LogP contribution in [0.25, 0.3) is 10.4 Å². The van der Waals surface area contributed by atoms with Gasteiger partial charge in [-0.25, -0.2) is 4.79 Å². The van der Waals surface area contributed by atoms with Crippen LogP contribution in [0.3, 0.4) is 0 Å². The predicted molar refractivity (Wildman–Crippen MR) is 75.5 cm³/mol. The van der Waals surface area contributed by atoms with Gasteiger partial charge in [0, 0.05) is 22.4 Å². The molecule has 0 saturated carbocycles. The lowest BCUT2D eigenvalue weighted by Crippen LogP contribution is -2.24. The third-order valence-corrected chi connectivity index (χ3v) is 4.72. The number of carboxylic acid groups (broad SMARTS) is 1. The van der Waals surface area contributed by atoms with E-state index in [1.54, 1.807) is 11.3 Å². The lowest BCUT2D eigenvalue weighted by Gasteiger charge is -2.09. The summed E-state index contributed by atoms with van der Waals surface area (Å²) in [6.07, 6.45) is -0.581. The van der Waals surface area contributed by atoms with Crippen LogP contribution in [0.2, 0.25) is 10.0 Å². The minimum atomic E-state index is -0.999. The number of carbonyl (C=O) groups is 1. The summed E-state index contributed by atoms with van der Waals surface area (Å²) in [4.78, 5) is 12.0. The first-order valence-corrected chi connectivity index (χ1v) is 7.15. The van der Waals surface area contributed by atoms with Crippen LogP contribution >= 0.6 is 34.5 Å². The summed E-state index contributed by atoms with van der Waals surface area (Å²) in [7, 11) is 0. The fourth-order valence-electron chi connectivity index (χ4n) is 2.07. The van der Waals surface area contributed by atoms with Crippen molar-refractivity contribution >= 4 is 40.5 Å². The van der Waals surface area contributed by atoms with E-state index in [0.717, 1.165) is 16.0 Å². The van der Waals surface area contributed by atoms with Crippen molar-refractivity contribution < 1.29 is 14.6 Å². The number of fused-ring (bicyclic) bond motifs is 1. The number of halogens is 2. The molecule has 2 aromatic rings. The SMILES string of the molecule is O=C(O)C1Cc2cc(-c3cccs3)c(Cl)c(Cl)c2O1. The van der Waals surface area contributed by atoms with Gasteiger partial charge in [0.15, 0.2) is 6.10 Å². The average molecular weight is 315 g/mol. The Hall–Kier alpha value is -1.23. The molecule has 0 radical (unpaired) electrons. The van der Waals surface area contributed by atoms with E-state index in [2.05, 4.69) is 0 Å². The molecule has 1 aromatic carbocycles. The summed E-state index contributed by atoms with van der Waals surface area (Å²) in [5.74, 6) is -0.611. The van der Waals surface area contributed by atoms with Gasteiger partial charge < -0.3 is 9.84 Å². The molecule has 1 aliphatic heterocycles. The maximum absolute atomic E-state index is 11.0. The molecular formula is C13H8Cl2O3S. The minimum absolute atomic E-state index is 0.284. The van der Waals surface area contributed by atoms with Gasteiger partial charge in [0.2, 0.25) is 0 Å². The van der Waals surface area contributed by atoms with Gasteiger partial charge in [0.1, 0.15) is 10.8 Å². The van der Waals surface area contributed by atoms with E-state index < -0.39 is 12.1 Å². The molecule has 1 N–H and O–H groups in total. The van der Waals surface area contributed by atoms with Crippen molar-refractivity contribution in [3.63, 3.8) is 0 Å². The van der Waals surface area contributed by atoms with Crippen LogP contribution in [0.4, 0.5) is 0 Å². The standard InChI is InChI=1S/C13H8Cl2O3S/c14-10-7(9-2-1-3-19-9)4-6-5-8(13(16)17)18-12(6)11(10)15/h1-4,8H,5H2,(H,16,17). The summed E-state index contributed by atoms with van der Waals surface area (Å²) in [5.41, 5.74) is 1.60. The van der Waals surface area contributed by atoms with E-state index in [-0.39, 0.29) is 5.02 Å². The minimum Gasteiger partial charge on any atom is -0.478 e. The monoisotopic (exact) mass is 314 g/mol. The largest absolute Gasteiger partial charge is 0.478 e. The maximum Gasteiger partial charge on any atom is 0.345 e. The number of benzene rings is 1. The second-order valence-corrected chi connectivity index (χ2v) is 5.87. The fourth-order valence-corrected chi connectivity index (χ4v) is 3.39. The van der Waals surface area contributed by atoms with Crippen LogP contribution in [0.1, 0.15) is 5.56 Å². The number of ether oxygens (including phenoxy) is 1. The topological polar surface area (TPSA) is 46.5 Å². The van der Waals surface area contributed by atoms with Gasteiger partial charge in [-0.05, 0) is 17.5 Å². The highest BCUT2D eigenvalue weighted by Gasteiger charge is 2.32. The van der Waals surface area contributed by atoms with Crippen molar-refractivity contribution in [2.45, 2.75) is 12.5 Å². The van der Waals surface area contributed by atoms with Gasteiger partial charge in [-0.3, -0.25) is 0 Å².